The molecule has 4 heterocycles. The molecule has 1 atom stereocenters. The summed E-state index contributed by atoms with van der Waals surface area (Å²) in [6, 6.07) is 1.33. The van der Waals surface area contributed by atoms with Crippen LogP contribution in [0.4, 0.5) is 31.1 Å². The van der Waals surface area contributed by atoms with E-state index in [2.05, 4.69) is 20.0 Å². The number of amides is 2. The van der Waals surface area contributed by atoms with Crippen LogP contribution in [0.3, 0.4) is 0 Å². The maximum absolute atomic E-state index is 13.6. The van der Waals surface area contributed by atoms with Gasteiger partial charge in [0, 0.05) is 37.5 Å². The van der Waals surface area contributed by atoms with E-state index in [1.54, 1.807) is 0 Å². The highest BCUT2D eigenvalue weighted by Crippen LogP contribution is 2.40. The zero-order valence-corrected chi connectivity index (χ0v) is 19.0. The Morgan fingerprint density at radius 1 is 1.22 bits per heavy atom. The highest BCUT2D eigenvalue weighted by molar-refractivity contribution is 7.17. The molecule has 4 rings (SSSR count). The van der Waals surface area contributed by atoms with Crippen LogP contribution in [-0.4, -0.2) is 53.3 Å². The van der Waals surface area contributed by atoms with Gasteiger partial charge in [-0.05, 0) is 0 Å². The number of hydrogen-bond acceptors (Lipinski definition) is 8. The lowest BCUT2D eigenvalue weighted by Gasteiger charge is -2.17. The van der Waals surface area contributed by atoms with Gasteiger partial charge in [0.15, 0.2) is 0 Å². The largest absolute Gasteiger partial charge is 0.472 e. The summed E-state index contributed by atoms with van der Waals surface area (Å²) < 4.78 is 93.1. The Morgan fingerprint density at radius 2 is 1.97 bits per heavy atom. The lowest BCUT2D eigenvalue weighted by atomic mass is 10.2. The van der Waals surface area contributed by atoms with Crippen LogP contribution in [0, 0.1) is 0 Å². The standard InChI is InChI=1S/C20H16F6N4O5S/c1-27-17(31)11-8-36-16-12(19(21,22)23)5-14(28-15(11)16)34-10-2-3-30(6-10)18(32)33-7-9-4-13(35-29-9)20(24,25)26/h4-5,8,10H,2-3,6-7H2,1H3,(H,27,31)/t10-/m0/s1. The van der Waals surface area contributed by atoms with Crippen LogP contribution in [0.5, 0.6) is 5.88 Å². The predicted molar refractivity (Wildman–Crippen MR) is 110 cm³/mol. The maximum atomic E-state index is 13.6. The first kappa shape index (κ1) is 25.5. The highest BCUT2D eigenvalue weighted by atomic mass is 32.1. The van der Waals surface area contributed by atoms with Gasteiger partial charge in [-0.15, -0.1) is 11.3 Å². The summed E-state index contributed by atoms with van der Waals surface area (Å²) in [5.41, 5.74) is -1.46. The predicted octanol–water partition coefficient (Wildman–Crippen LogP) is 4.47. The maximum Gasteiger partial charge on any atom is 0.452 e. The van der Waals surface area contributed by atoms with Gasteiger partial charge in [-0.2, -0.15) is 26.3 Å². The van der Waals surface area contributed by atoms with Crippen LogP contribution in [0.25, 0.3) is 10.2 Å². The first-order valence-electron chi connectivity index (χ1n) is 10.2. The molecule has 1 fully saturated rings. The zero-order valence-electron chi connectivity index (χ0n) is 18.2. The first-order valence-corrected chi connectivity index (χ1v) is 11.1. The van der Waals surface area contributed by atoms with Crippen LogP contribution in [0.2, 0.25) is 0 Å². The average Bonchev–Trinajstić information content (AvgIpc) is 3.55. The van der Waals surface area contributed by atoms with Crippen molar-refractivity contribution in [3.8, 4) is 5.88 Å². The van der Waals surface area contributed by atoms with E-state index in [1.165, 1.54) is 17.3 Å². The van der Waals surface area contributed by atoms with Crippen LogP contribution in [-0.2, 0) is 23.7 Å². The van der Waals surface area contributed by atoms with Gasteiger partial charge >= 0.3 is 18.4 Å². The number of hydrogen-bond donors (Lipinski definition) is 1. The Morgan fingerprint density at radius 3 is 2.61 bits per heavy atom. The molecule has 3 aromatic rings. The third-order valence-electron chi connectivity index (χ3n) is 5.15. The van der Waals surface area contributed by atoms with Crippen molar-refractivity contribution in [3.05, 3.63) is 40.1 Å². The fourth-order valence-electron chi connectivity index (χ4n) is 3.45. The molecule has 9 nitrogen and oxygen atoms in total. The van der Waals surface area contributed by atoms with Crippen LogP contribution >= 0.6 is 11.3 Å². The summed E-state index contributed by atoms with van der Waals surface area (Å²) in [4.78, 5) is 29.6. The van der Waals surface area contributed by atoms with Crippen molar-refractivity contribution in [1.82, 2.24) is 20.4 Å². The molecule has 3 aromatic heterocycles. The van der Waals surface area contributed by atoms with Crippen LogP contribution < -0.4 is 10.1 Å². The summed E-state index contributed by atoms with van der Waals surface area (Å²) >= 11 is 0.731. The van der Waals surface area contributed by atoms with Gasteiger partial charge in [-0.3, -0.25) is 4.79 Å². The number of carbonyl (C=O) groups is 2. The molecule has 1 aliphatic rings. The van der Waals surface area contributed by atoms with Gasteiger partial charge in [0.05, 0.1) is 27.9 Å². The summed E-state index contributed by atoms with van der Waals surface area (Å²) in [5.74, 6) is -2.32. The van der Waals surface area contributed by atoms with Gasteiger partial charge in [0.25, 0.3) is 5.91 Å². The van der Waals surface area contributed by atoms with Crippen molar-refractivity contribution in [3.63, 3.8) is 0 Å². The van der Waals surface area contributed by atoms with Crippen LogP contribution in [0.1, 0.15) is 33.8 Å². The Labute approximate surface area is 201 Å². The van der Waals surface area contributed by atoms with Crippen molar-refractivity contribution in [2.45, 2.75) is 31.5 Å². The molecule has 0 bridgehead atoms. The van der Waals surface area contributed by atoms with Crippen molar-refractivity contribution < 1.29 is 49.9 Å². The molecule has 0 aliphatic carbocycles. The summed E-state index contributed by atoms with van der Waals surface area (Å²) in [6.07, 6.45) is -10.9. The highest BCUT2D eigenvalue weighted by Gasteiger charge is 2.37. The molecular formula is C20H16F6N4O5S. The number of ether oxygens (including phenoxy) is 2. The van der Waals surface area contributed by atoms with Gasteiger partial charge in [-0.25, -0.2) is 9.78 Å². The number of fused-ring (bicyclic) bond motifs is 1. The fraction of sp³-hybridized carbons (Fsp3) is 0.400. The summed E-state index contributed by atoms with van der Waals surface area (Å²) in [5, 5.41) is 6.80. The quantitative estimate of drug-likeness (QED) is 0.478. The number of rotatable bonds is 5. The molecule has 1 saturated heterocycles. The molecular weight excluding hydrogens is 522 g/mol. The number of halogens is 6. The zero-order chi connectivity index (χ0) is 26.3. The number of nitrogens with zero attached hydrogens (tertiary/aromatic N) is 3. The van der Waals surface area contributed by atoms with E-state index >= 15 is 0 Å². The Bertz CT molecular complexity index is 1290. The van der Waals surface area contributed by atoms with Gasteiger partial charge < -0.3 is 24.2 Å². The van der Waals surface area contributed by atoms with E-state index < -0.39 is 48.4 Å². The second-order valence-corrected chi connectivity index (χ2v) is 8.50. The number of alkyl halides is 6. The normalized spacial score (nSPS) is 16.4. The molecule has 194 valence electrons. The average molecular weight is 538 g/mol. The second-order valence-electron chi connectivity index (χ2n) is 7.62. The second kappa shape index (κ2) is 9.48. The smallest absolute Gasteiger partial charge is 0.452 e. The molecule has 2 amide bonds. The number of aromatic nitrogens is 2. The molecule has 0 radical (unpaired) electrons. The Hall–Kier alpha value is -3.56. The van der Waals surface area contributed by atoms with Crippen LogP contribution in [0.15, 0.2) is 22.0 Å². The van der Waals surface area contributed by atoms with E-state index in [0.717, 1.165) is 17.4 Å². The van der Waals surface area contributed by atoms with Gasteiger partial charge in [-0.1, -0.05) is 5.16 Å². The minimum Gasteiger partial charge on any atom is -0.472 e. The fourth-order valence-corrected chi connectivity index (χ4v) is 4.48. The molecule has 0 spiro atoms. The monoisotopic (exact) mass is 538 g/mol. The minimum atomic E-state index is -4.73. The van der Waals surface area contributed by atoms with Crippen molar-refractivity contribution >= 4 is 33.6 Å². The lowest BCUT2D eigenvalue weighted by molar-refractivity contribution is -0.155. The van der Waals surface area contributed by atoms with Crippen molar-refractivity contribution in [1.29, 1.82) is 0 Å². The molecule has 0 aromatic carbocycles. The number of thiophene rings is 1. The van der Waals surface area contributed by atoms with E-state index in [9.17, 15) is 35.9 Å². The molecule has 16 heteroatoms. The molecule has 0 unspecified atom stereocenters. The summed E-state index contributed by atoms with van der Waals surface area (Å²) in [6.45, 7) is -0.529. The van der Waals surface area contributed by atoms with E-state index in [-0.39, 0.29) is 46.9 Å². The summed E-state index contributed by atoms with van der Waals surface area (Å²) in [7, 11) is 1.33. The third kappa shape index (κ3) is 5.32. The first-order chi connectivity index (χ1) is 16.9. The van der Waals surface area contributed by atoms with E-state index in [0.29, 0.717) is 6.07 Å². The van der Waals surface area contributed by atoms with E-state index in [1.807, 2.05) is 0 Å². The number of nitrogens with one attached hydrogen (secondary N) is 1. The Kier molecular flexibility index (Phi) is 6.72. The number of carbonyl (C=O) groups excluding carboxylic acids is 2. The molecule has 36 heavy (non-hydrogen) atoms. The van der Waals surface area contributed by atoms with Crippen molar-refractivity contribution in [2.24, 2.45) is 0 Å². The SMILES string of the molecule is CNC(=O)c1csc2c(C(F)(F)F)cc(O[C@H]3CCN(C(=O)OCc4cc(C(F)(F)F)on4)C3)nc12. The molecule has 0 saturated carbocycles. The minimum absolute atomic E-state index is 0.0355. The lowest BCUT2D eigenvalue weighted by Crippen LogP contribution is -2.31. The van der Waals surface area contributed by atoms with Crippen molar-refractivity contribution in [2.75, 3.05) is 20.1 Å². The Balaban J connectivity index is 1.43. The molecule has 1 aliphatic heterocycles. The van der Waals surface area contributed by atoms with E-state index in [4.69, 9.17) is 9.47 Å². The molecule has 1 N–H and O–H groups in total. The number of pyridine rings is 1. The van der Waals surface area contributed by atoms with Gasteiger partial charge in [0.1, 0.15) is 18.4 Å². The topological polar surface area (TPSA) is 107 Å². The number of likely N-dealkylation sites (tertiary alicyclic amines) is 1. The third-order valence-corrected chi connectivity index (χ3v) is 6.15. The van der Waals surface area contributed by atoms with Gasteiger partial charge in [0.2, 0.25) is 11.6 Å².